The molecule has 0 radical (unpaired) electrons. The largest absolute Gasteiger partial charge is 0.473 e. The Bertz CT molecular complexity index is 1650. The van der Waals surface area contributed by atoms with Gasteiger partial charge in [-0.2, -0.15) is 17.6 Å². The maximum Gasteiger partial charge on any atom is 0.393 e. The maximum atomic E-state index is 14.4. The van der Waals surface area contributed by atoms with Crippen molar-refractivity contribution in [1.29, 1.82) is 0 Å². The Morgan fingerprint density at radius 3 is 2.57 bits per heavy atom. The number of ether oxygens (including phenoxy) is 1. The van der Waals surface area contributed by atoms with Gasteiger partial charge in [0.2, 0.25) is 17.7 Å². The standard InChI is InChI=1S/C33H33F4N5O2/c1-41(2)30(43)11-7-17-42-16-6-10-25(21-42)44-29-15-13-24(20-38-29)31(23-12-14-28-26(18-23)32(34)40-39-28)27(19-33(35,36)37)22-8-4-3-5-9-22/h3-5,7-9,11-15,18,20,25H,6,10,16-17,19,21H2,1-2H3,(H,39,40)/b11-7+,31-27-/t25-/m1/s1. The van der Waals surface area contributed by atoms with E-state index in [2.05, 4.69) is 20.1 Å². The number of piperidine rings is 1. The van der Waals surface area contributed by atoms with Crippen LogP contribution in [0.5, 0.6) is 5.88 Å². The molecule has 1 saturated heterocycles. The van der Waals surface area contributed by atoms with Crippen LogP contribution in [0.3, 0.4) is 0 Å². The van der Waals surface area contributed by atoms with E-state index in [1.807, 2.05) is 6.08 Å². The van der Waals surface area contributed by atoms with Crippen LogP contribution in [0.15, 0.2) is 79.0 Å². The van der Waals surface area contributed by atoms with Gasteiger partial charge in [-0.15, -0.1) is 5.10 Å². The molecule has 0 aliphatic carbocycles. The molecule has 0 bridgehead atoms. The number of aromatic nitrogens is 3. The number of nitrogens with zero attached hydrogens (tertiary/aromatic N) is 4. The third-order valence-corrected chi connectivity index (χ3v) is 7.45. The maximum absolute atomic E-state index is 14.4. The number of H-pyrrole nitrogens is 1. The van der Waals surface area contributed by atoms with E-state index < -0.39 is 18.5 Å². The second-order valence-electron chi connectivity index (χ2n) is 10.9. The third-order valence-electron chi connectivity index (χ3n) is 7.45. The molecule has 230 valence electrons. The molecule has 3 heterocycles. The summed E-state index contributed by atoms with van der Waals surface area (Å²) in [6.07, 6.45) is 0.799. The molecule has 1 N–H and O–H groups in total. The number of rotatable bonds is 9. The number of hydrogen-bond acceptors (Lipinski definition) is 5. The quantitative estimate of drug-likeness (QED) is 0.134. The Kier molecular flexibility index (Phi) is 9.43. The molecule has 1 fully saturated rings. The van der Waals surface area contributed by atoms with Crippen molar-refractivity contribution in [3.05, 3.63) is 102 Å². The number of nitrogens with one attached hydrogen (secondary N) is 1. The molecule has 0 saturated carbocycles. The van der Waals surface area contributed by atoms with E-state index in [4.69, 9.17) is 4.74 Å². The molecule has 4 aromatic rings. The molecule has 0 spiro atoms. The lowest BCUT2D eigenvalue weighted by atomic mass is 9.88. The minimum atomic E-state index is -4.50. The molecule has 1 atom stereocenters. The van der Waals surface area contributed by atoms with Crippen LogP contribution >= 0.6 is 0 Å². The fourth-order valence-electron chi connectivity index (χ4n) is 5.32. The molecule has 2 aromatic heterocycles. The summed E-state index contributed by atoms with van der Waals surface area (Å²) in [5.41, 5.74) is 2.01. The molecule has 5 rings (SSSR count). The number of carbonyl (C=O) groups is 1. The molecule has 1 aliphatic heterocycles. The molecule has 1 aliphatic rings. The van der Waals surface area contributed by atoms with Crippen molar-refractivity contribution in [2.75, 3.05) is 33.7 Å². The molecular formula is C33H33F4N5O2. The van der Waals surface area contributed by atoms with E-state index in [0.29, 0.717) is 41.2 Å². The van der Waals surface area contributed by atoms with Gasteiger partial charge in [0.1, 0.15) is 6.10 Å². The highest BCUT2D eigenvalue weighted by Crippen LogP contribution is 2.40. The highest BCUT2D eigenvalue weighted by Gasteiger charge is 2.32. The van der Waals surface area contributed by atoms with Gasteiger partial charge in [-0.1, -0.05) is 42.5 Å². The van der Waals surface area contributed by atoms with E-state index in [1.165, 1.54) is 17.2 Å². The number of aromatic amines is 1. The Balaban J connectivity index is 1.45. The highest BCUT2D eigenvalue weighted by atomic mass is 19.4. The van der Waals surface area contributed by atoms with E-state index in [1.54, 1.807) is 74.8 Å². The smallest absolute Gasteiger partial charge is 0.393 e. The summed E-state index contributed by atoms with van der Waals surface area (Å²) in [4.78, 5) is 20.0. The third kappa shape index (κ3) is 7.71. The van der Waals surface area contributed by atoms with Crippen LogP contribution in [-0.2, 0) is 4.79 Å². The first-order valence-corrected chi connectivity index (χ1v) is 14.3. The molecule has 44 heavy (non-hydrogen) atoms. The summed E-state index contributed by atoms with van der Waals surface area (Å²) in [6.45, 7) is 2.14. The second kappa shape index (κ2) is 13.4. The van der Waals surface area contributed by atoms with Gasteiger partial charge in [-0.3, -0.25) is 14.8 Å². The number of likely N-dealkylation sites (tertiary alicyclic amines) is 1. The minimum absolute atomic E-state index is 0.0422. The fourth-order valence-corrected chi connectivity index (χ4v) is 5.32. The van der Waals surface area contributed by atoms with Crippen molar-refractivity contribution in [3.63, 3.8) is 0 Å². The van der Waals surface area contributed by atoms with Crippen molar-refractivity contribution in [2.24, 2.45) is 0 Å². The van der Waals surface area contributed by atoms with Gasteiger partial charge in [0, 0.05) is 51.1 Å². The van der Waals surface area contributed by atoms with Crippen LogP contribution in [0.4, 0.5) is 17.6 Å². The lowest BCUT2D eigenvalue weighted by molar-refractivity contribution is -0.124. The van der Waals surface area contributed by atoms with E-state index in [-0.39, 0.29) is 28.5 Å². The lowest BCUT2D eigenvalue weighted by Crippen LogP contribution is -2.41. The summed E-state index contributed by atoms with van der Waals surface area (Å²) in [5, 5.41) is 6.36. The summed E-state index contributed by atoms with van der Waals surface area (Å²) >= 11 is 0. The number of halogens is 4. The Labute approximate surface area is 252 Å². The van der Waals surface area contributed by atoms with Crippen molar-refractivity contribution >= 4 is 28.0 Å². The molecule has 1 amide bonds. The molecule has 11 heteroatoms. The van der Waals surface area contributed by atoms with Gasteiger partial charge in [0.25, 0.3) is 0 Å². The number of hydrogen-bond donors (Lipinski definition) is 1. The number of allylic oxidation sites excluding steroid dienone is 1. The van der Waals surface area contributed by atoms with Gasteiger partial charge in [-0.05, 0) is 59.9 Å². The van der Waals surface area contributed by atoms with Crippen molar-refractivity contribution in [1.82, 2.24) is 25.0 Å². The number of pyridine rings is 1. The van der Waals surface area contributed by atoms with Crippen LogP contribution < -0.4 is 4.74 Å². The number of likely N-dealkylation sites (N-methyl/N-ethyl adjacent to an activating group) is 1. The zero-order chi connectivity index (χ0) is 31.3. The average Bonchev–Trinajstić information content (AvgIpc) is 3.37. The molecule has 0 unspecified atom stereocenters. The van der Waals surface area contributed by atoms with Crippen LogP contribution in [0, 0.1) is 5.95 Å². The van der Waals surface area contributed by atoms with Gasteiger partial charge in [0.15, 0.2) is 0 Å². The van der Waals surface area contributed by atoms with Gasteiger partial charge >= 0.3 is 6.18 Å². The first-order chi connectivity index (χ1) is 21.1. The van der Waals surface area contributed by atoms with Gasteiger partial charge in [0.05, 0.1) is 17.3 Å². The van der Waals surface area contributed by atoms with Crippen LogP contribution in [0.2, 0.25) is 0 Å². The SMILES string of the molecule is CN(C)C(=O)/C=C/CN1CCC[C@@H](Oc2ccc(/C(=C(/CC(F)(F)F)c3ccccc3)c3ccc4[nH]nc(F)c4c3)cn2)C1. The first kappa shape index (κ1) is 30.9. The second-order valence-corrected chi connectivity index (χ2v) is 10.9. The fraction of sp³-hybridized carbons (Fsp3) is 0.303. The number of carbonyl (C=O) groups excluding carboxylic acids is 1. The van der Waals surface area contributed by atoms with E-state index >= 15 is 0 Å². The van der Waals surface area contributed by atoms with Crippen LogP contribution in [0.1, 0.15) is 36.0 Å². The van der Waals surface area contributed by atoms with Crippen molar-refractivity contribution in [3.8, 4) is 5.88 Å². The number of alkyl halides is 3. The average molecular weight is 608 g/mol. The highest BCUT2D eigenvalue weighted by molar-refractivity contribution is 6.00. The minimum Gasteiger partial charge on any atom is -0.473 e. The van der Waals surface area contributed by atoms with Crippen molar-refractivity contribution in [2.45, 2.75) is 31.5 Å². The summed E-state index contributed by atoms with van der Waals surface area (Å²) in [6, 6.07) is 16.4. The van der Waals surface area contributed by atoms with E-state index in [0.717, 1.165) is 19.4 Å². The molecule has 7 nitrogen and oxygen atoms in total. The first-order valence-electron chi connectivity index (χ1n) is 14.3. The number of amides is 1. The zero-order valence-corrected chi connectivity index (χ0v) is 24.4. The predicted octanol–water partition coefficient (Wildman–Crippen LogP) is 6.50. The van der Waals surface area contributed by atoms with E-state index in [9.17, 15) is 22.4 Å². The van der Waals surface area contributed by atoms with Crippen LogP contribution in [-0.4, -0.2) is 76.9 Å². The number of fused-ring (bicyclic) bond motifs is 1. The number of benzene rings is 2. The zero-order valence-electron chi connectivity index (χ0n) is 24.4. The Hall–Kier alpha value is -4.51. The lowest BCUT2D eigenvalue weighted by Gasteiger charge is -2.31. The summed E-state index contributed by atoms with van der Waals surface area (Å²) in [7, 11) is 3.40. The molecule has 2 aromatic carbocycles. The van der Waals surface area contributed by atoms with Crippen molar-refractivity contribution < 1.29 is 27.1 Å². The van der Waals surface area contributed by atoms with Gasteiger partial charge < -0.3 is 9.64 Å². The Morgan fingerprint density at radius 1 is 1.09 bits per heavy atom. The monoisotopic (exact) mass is 607 g/mol. The predicted molar refractivity (Wildman–Crippen MR) is 161 cm³/mol. The molecular weight excluding hydrogens is 574 g/mol. The Morgan fingerprint density at radius 2 is 1.86 bits per heavy atom. The summed E-state index contributed by atoms with van der Waals surface area (Å²) < 4.78 is 62.6. The van der Waals surface area contributed by atoms with Crippen LogP contribution in [0.25, 0.3) is 22.0 Å². The normalized spacial score (nSPS) is 16.7. The van der Waals surface area contributed by atoms with Gasteiger partial charge in [-0.25, -0.2) is 4.98 Å². The topological polar surface area (TPSA) is 74.3 Å². The summed E-state index contributed by atoms with van der Waals surface area (Å²) in [5.74, 6) is -0.457.